The minimum atomic E-state index is -1.46. The van der Waals surface area contributed by atoms with E-state index in [0.717, 1.165) is 5.56 Å². The van der Waals surface area contributed by atoms with Crippen molar-refractivity contribution in [2.75, 3.05) is 13.4 Å². The van der Waals surface area contributed by atoms with Gasteiger partial charge in [0.15, 0.2) is 17.6 Å². The average molecular weight is 351 g/mol. The molecule has 1 aromatic carbocycles. The van der Waals surface area contributed by atoms with Crippen LogP contribution in [0.25, 0.3) is 0 Å². The molecule has 7 heteroatoms. The Morgan fingerprint density at radius 1 is 1.28 bits per heavy atom. The fourth-order valence-corrected chi connectivity index (χ4v) is 2.34. The van der Waals surface area contributed by atoms with Gasteiger partial charge < -0.3 is 24.6 Å². The van der Waals surface area contributed by atoms with Gasteiger partial charge in [0.1, 0.15) is 0 Å². The summed E-state index contributed by atoms with van der Waals surface area (Å²) in [6, 6.07) is 4.53. The summed E-state index contributed by atoms with van der Waals surface area (Å²) in [4.78, 5) is 24.2. The van der Waals surface area contributed by atoms with E-state index in [-0.39, 0.29) is 25.7 Å². The topological polar surface area (TPSA) is 94.1 Å². The number of aliphatic hydroxyl groups is 1. The normalized spacial score (nSPS) is 15.4. The van der Waals surface area contributed by atoms with Gasteiger partial charge in [-0.15, -0.1) is 0 Å². The summed E-state index contributed by atoms with van der Waals surface area (Å²) in [5.74, 6) is 0.220. The van der Waals surface area contributed by atoms with E-state index in [0.29, 0.717) is 11.5 Å². The SMILES string of the molecule is CCOC(=O)C(O)C(Cc1ccc2c(c1)OCO2)NC(=O)C(C)(C)C. The van der Waals surface area contributed by atoms with Gasteiger partial charge in [-0.05, 0) is 31.0 Å². The minimum absolute atomic E-state index is 0.153. The molecule has 2 unspecified atom stereocenters. The third-order valence-electron chi connectivity index (χ3n) is 3.80. The maximum absolute atomic E-state index is 12.3. The molecular weight excluding hydrogens is 326 g/mol. The lowest BCUT2D eigenvalue weighted by Gasteiger charge is -2.27. The number of carbonyl (C=O) groups is 2. The number of hydrogen-bond acceptors (Lipinski definition) is 6. The summed E-state index contributed by atoms with van der Waals surface area (Å²) >= 11 is 0. The molecule has 1 heterocycles. The van der Waals surface area contributed by atoms with Crippen LogP contribution in [0.2, 0.25) is 0 Å². The van der Waals surface area contributed by atoms with Gasteiger partial charge in [0, 0.05) is 5.41 Å². The van der Waals surface area contributed by atoms with Gasteiger partial charge >= 0.3 is 5.97 Å². The summed E-state index contributed by atoms with van der Waals surface area (Å²) in [5, 5.41) is 13.1. The highest BCUT2D eigenvalue weighted by atomic mass is 16.7. The maximum atomic E-state index is 12.3. The predicted molar refractivity (Wildman–Crippen MR) is 90.3 cm³/mol. The number of esters is 1. The van der Waals surface area contributed by atoms with E-state index in [2.05, 4.69) is 5.32 Å². The van der Waals surface area contributed by atoms with Crippen molar-refractivity contribution in [2.45, 2.75) is 46.3 Å². The fourth-order valence-electron chi connectivity index (χ4n) is 2.34. The zero-order valence-corrected chi connectivity index (χ0v) is 15.0. The smallest absolute Gasteiger partial charge is 0.337 e. The lowest BCUT2D eigenvalue weighted by Crippen LogP contribution is -2.51. The second-order valence-electron chi connectivity index (χ2n) is 6.92. The van der Waals surface area contributed by atoms with E-state index in [1.807, 2.05) is 6.07 Å². The van der Waals surface area contributed by atoms with Gasteiger partial charge in [0.25, 0.3) is 0 Å². The molecular formula is C18H25NO6. The van der Waals surface area contributed by atoms with E-state index >= 15 is 0 Å². The van der Waals surface area contributed by atoms with Crippen LogP contribution in [0.5, 0.6) is 11.5 Å². The largest absolute Gasteiger partial charge is 0.464 e. The molecule has 0 bridgehead atoms. The molecule has 0 spiro atoms. The first-order chi connectivity index (χ1) is 11.7. The van der Waals surface area contributed by atoms with Crippen molar-refractivity contribution in [1.82, 2.24) is 5.32 Å². The number of fused-ring (bicyclic) bond motifs is 1. The number of benzene rings is 1. The van der Waals surface area contributed by atoms with Crippen LogP contribution >= 0.6 is 0 Å². The number of ether oxygens (including phenoxy) is 3. The zero-order valence-electron chi connectivity index (χ0n) is 15.0. The van der Waals surface area contributed by atoms with Crippen LogP contribution in [-0.2, 0) is 20.7 Å². The van der Waals surface area contributed by atoms with E-state index in [4.69, 9.17) is 14.2 Å². The Balaban J connectivity index is 2.18. The molecule has 2 N–H and O–H groups in total. The zero-order chi connectivity index (χ0) is 18.6. The molecule has 25 heavy (non-hydrogen) atoms. The van der Waals surface area contributed by atoms with Crippen LogP contribution < -0.4 is 14.8 Å². The quantitative estimate of drug-likeness (QED) is 0.753. The van der Waals surface area contributed by atoms with E-state index in [9.17, 15) is 14.7 Å². The molecule has 2 rings (SSSR count). The molecule has 1 amide bonds. The molecule has 0 fully saturated rings. The Hall–Kier alpha value is -2.28. The first-order valence-corrected chi connectivity index (χ1v) is 8.26. The van der Waals surface area contributed by atoms with Crippen molar-refractivity contribution in [2.24, 2.45) is 5.41 Å². The summed E-state index contributed by atoms with van der Waals surface area (Å²) in [6.07, 6.45) is -1.21. The molecule has 1 aliphatic rings. The van der Waals surface area contributed by atoms with Crippen molar-refractivity contribution in [3.05, 3.63) is 23.8 Å². The van der Waals surface area contributed by atoms with Crippen LogP contribution in [-0.4, -0.2) is 42.5 Å². The third kappa shape index (κ3) is 4.85. The summed E-state index contributed by atoms with van der Waals surface area (Å²) in [7, 11) is 0. The number of rotatable bonds is 6. The van der Waals surface area contributed by atoms with E-state index in [1.54, 1.807) is 39.8 Å². The molecule has 0 radical (unpaired) electrons. The molecule has 1 aromatic rings. The summed E-state index contributed by atoms with van der Waals surface area (Å²) < 4.78 is 15.5. The molecule has 2 atom stereocenters. The summed E-state index contributed by atoms with van der Waals surface area (Å²) in [5.41, 5.74) is 0.147. The molecule has 0 aliphatic carbocycles. The lowest BCUT2D eigenvalue weighted by molar-refractivity contribution is -0.155. The van der Waals surface area contributed by atoms with Crippen molar-refractivity contribution in [3.8, 4) is 11.5 Å². The molecule has 1 aliphatic heterocycles. The highest BCUT2D eigenvalue weighted by molar-refractivity contribution is 5.83. The number of nitrogens with one attached hydrogen (secondary N) is 1. The third-order valence-corrected chi connectivity index (χ3v) is 3.80. The molecule has 138 valence electrons. The van der Waals surface area contributed by atoms with Gasteiger partial charge in [-0.1, -0.05) is 26.8 Å². The Morgan fingerprint density at radius 2 is 1.96 bits per heavy atom. The number of aliphatic hydroxyl groups excluding tert-OH is 1. The number of hydrogen-bond donors (Lipinski definition) is 2. The molecule has 0 aromatic heterocycles. The van der Waals surface area contributed by atoms with Crippen molar-refractivity contribution in [3.63, 3.8) is 0 Å². The number of carbonyl (C=O) groups excluding carboxylic acids is 2. The van der Waals surface area contributed by atoms with E-state index < -0.39 is 23.5 Å². The second kappa shape index (κ2) is 7.74. The average Bonchev–Trinajstić information content (AvgIpc) is 3.00. The van der Waals surface area contributed by atoms with Gasteiger partial charge in [0.05, 0.1) is 12.6 Å². The summed E-state index contributed by atoms with van der Waals surface area (Å²) in [6.45, 7) is 7.25. The fraction of sp³-hybridized carbons (Fsp3) is 0.556. The lowest BCUT2D eigenvalue weighted by atomic mass is 9.93. The highest BCUT2D eigenvalue weighted by Gasteiger charge is 2.32. The first-order valence-electron chi connectivity index (χ1n) is 8.26. The van der Waals surface area contributed by atoms with Gasteiger partial charge in [-0.3, -0.25) is 4.79 Å². The van der Waals surface area contributed by atoms with Crippen molar-refractivity contribution < 1.29 is 28.9 Å². The van der Waals surface area contributed by atoms with Crippen molar-refractivity contribution in [1.29, 1.82) is 0 Å². The van der Waals surface area contributed by atoms with Gasteiger partial charge in [0.2, 0.25) is 12.7 Å². The molecule has 7 nitrogen and oxygen atoms in total. The van der Waals surface area contributed by atoms with E-state index in [1.165, 1.54) is 0 Å². The maximum Gasteiger partial charge on any atom is 0.337 e. The van der Waals surface area contributed by atoms with Gasteiger partial charge in [-0.25, -0.2) is 4.79 Å². The first kappa shape index (κ1) is 19.1. The Kier molecular flexibility index (Phi) is 5.89. The second-order valence-corrected chi connectivity index (χ2v) is 6.92. The van der Waals surface area contributed by atoms with Crippen LogP contribution in [0.1, 0.15) is 33.3 Å². The monoisotopic (exact) mass is 351 g/mol. The molecule has 0 saturated carbocycles. The highest BCUT2D eigenvalue weighted by Crippen LogP contribution is 2.33. The van der Waals surface area contributed by atoms with Gasteiger partial charge in [-0.2, -0.15) is 0 Å². The van der Waals surface area contributed by atoms with Crippen LogP contribution in [0.4, 0.5) is 0 Å². The predicted octanol–water partition coefficient (Wildman–Crippen LogP) is 1.41. The number of amides is 1. The Morgan fingerprint density at radius 3 is 2.60 bits per heavy atom. The Bertz CT molecular complexity index is 637. The standard InChI is InChI=1S/C18H25NO6/c1-5-23-16(21)15(20)12(19-17(22)18(2,3)4)8-11-6-7-13-14(9-11)25-10-24-13/h6-7,9,12,15,20H,5,8,10H2,1-4H3,(H,19,22). The van der Waals surface area contributed by atoms with Crippen molar-refractivity contribution >= 4 is 11.9 Å². The van der Waals surface area contributed by atoms with Crippen LogP contribution in [0.3, 0.4) is 0 Å². The Labute approximate surface area is 147 Å². The van der Waals surface area contributed by atoms with Crippen LogP contribution in [0.15, 0.2) is 18.2 Å². The molecule has 0 saturated heterocycles. The minimum Gasteiger partial charge on any atom is -0.464 e. The van der Waals surface area contributed by atoms with Crippen LogP contribution in [0, 0.1) is 5.41 Å².